The van der Waals surface area contributed by atoms with Crippen LogP contribution in [0.4, 0.5) is 5.69 Å². The molecular formula is C16H16N2O2. The van der Waals surface area contributed by atoms with Gasteiger partial charge in [0.15, 0.2) is 0 Å². The van der Waals surface area contributed by atoms with E-state index < -0.39 is 0 Å². The van der Waals surface area contributed by atoms with Gasteiger partial charge in [0.1, 0.15) is 18.1 Å². The molecule has 0 aromatic heterocycles. The molecule has 4 heteroatoms. The monoisotopic (exact) mass is 268 g/mol. The maximum Gasteiger partial charge on any atom is 0.119 e. The molecule has 1 N–H and O–H groups in total. The SMILES string of the molecule is COc1ccc(OCCNc2ccc(C#N)cc2)cc1. The molecule has 0 aliphatic rings. The minimum absolute atomic E-state index is 0.562. The Kier molecular flexibility index (Phi) is 4.85. The van der Waals surface area contributed by atoms with Crippen molar-refractivity contribution in [3.8, 4) is 17.6 Å². The van der Waals surface area contributed by atoms with E-state index in [1.807, 2.05) is 36.4 Å². The molecule has 0 aliphatic heterocycles. The number of anilines is 1. The van der Waals surface area contributed by atoms with Crippen molar-refractivity contribution in [1.29, 1.82) is 5.26 Å². The Morgan fingerprint density at radius 1 is 1.00 bits per heavy atom. The lowest BCUT2D eigenvalue weighted by atomic mass is 10.2. The van der Waals surface area contributed by atoms with E-state index in [9.17, 15) is 0 Å². The number of methoxy groups -OCH3 is 1. The minimum Gasteiger partial charge on any atom is -0.497 e. The molecule has 0 saturated heterocycles. The van der Waals surface area contributed by atoms with Crippen LogP contribution in [0.1, 0.15) is 5.56 Å². The van der Waals surface area contributed by atoms with Crippen molar-refractivity contribution in [2.24, 2.45) is 0 Å². The molecule has 0 heterocycles. The number of hydrogen-bond acceptors (Lipinski definition) is 4. The van der Waals surface area contributed by atoms with Gasteiger partial charge < -0.3 is 14.8 Å². The summed E-state index contributed by atoms with van der Waals surface area (Å²) in [7, 11) is 1.64. The first-order valence-corrected chi connectivity index (χ1v) is 6.33. The average molecular weight is 268 g/mol. The van der Waals surface area contributed by atoms with Crippen LogP contribution in [0.15, 0.2) is 48.5 Å². The van der Waals surface area contributed by atoms with Crippen LogP contribution in [0.3, 0.4) is 0 Å². The van der Waals surface area contributed by atoms with Crippen LogP contribution in [-0.2, 0) is 0 Å². The van der Waals surface area contributed by atoms with Crippen molar-refractivity contribution in [2.75, 3.05) is 25.6 Å². The van der Waals surface area contributed by atoms with E-state index in [0.717, 1.165) is 17.2 Å². The van der Waals surface area contributed by atoms with Crippen LogP contribution in [0, 0.1) is 11.3 Å². The van der Waals surface area contributed by atoms with Crippen LogP contribution in [0.2, 0.25) is 0 Å². The van der Waals surface area contributed by atoms with Gasteiger partial charge in [-0.1, -0.05) is 0 Å². The quantitative estimate of drug-likeness (QED) is 0.818. The Morgan fingerprint density at radius 2 is 1.65 bits per heavy atom. The van der Waals surface area contributed by atoms with E-state index in [1.165, 1.54) is 0 Å². The van der Waals surface area contributed by atoms with Crippen LogP contribution in [-0.4, -0.2) is 20.3 Å². The predicted molar refractivity (Wildman–Crippen MR) is 78.1 cm³/mol. The molecule has 0 bridgehead atoms. The van der Waals surface area contributed by atoms with Gasteiger partial charge in [-0.3, -0.25) is 0 Å². The van der Waals surface area contributed by atoms with E-state index in [2.05, 4.69) is 11.4 Å². The molecule has 102 valence electrons. The summed E-state index contributed by atoms with van der Waals surface area (Å²) in [4.78, 5) is 0. The number of nitrogens with one attached hydrogen (secondary N) is 1. The lowest BCUT2D eigenvalue weighted by molar-refractivity contribution is 0.332. The summed E-state index contributed by atoms with van der Waals surface area (Å²) in [6.45, 7) is 1.25. The second-order valence-corrected chi connectivity index (χ2v) is 4.14. The van der Waals surface area contributed by atoms with Gasteiger partial charge in [-0.15, -0.1) is 0 Å². The van der Waals surface area contributed by atoms with Crippen LogP contribution < -0.4 is 14.8 Å². The lowest BCUT2D eigenvalue weighted by Gasteiger charge is -2.09. The Morgan fingerprint density at radius 3 is 2.25 bits per heavy atom. The summed E-state index contributed by atoms with van der Waals surface area (Å²) in [6.07, 6.45) is 0. The zero-order chi connectivity index (χ0) is 14.2. The standard InChI is InChI=1S/C16H16N2O2/c1-19-15-6-8-16(9-7-15)20-11-10-18-14-4-2-13(12-17)3-5-14/h2-9,18H,10-11H2,1H3. The zero-order valence-corrected chi connectivity index (χ0v) is 11.3. The maximum absolute atomic E-state index is 8.71. The van der Waals surface area contributed by atoms with Gasteiger partial charge in [0.05, 0.1) is 18.7 Å². The number of rotatable bonds is 6. The smallest absolute Gasteiger partial charge is 0.119 e. The van der Waals surface area contributed by atoms with Crippen molar-refractivity contribution in [2.45, 2.75) is 0 Å². The summed E-state index contributed by atoms with van der Waals surface area (Å²) in [5.41, 5.74) is 1.63. The molecule has 2 aromatic rings. The van der Waals surface area contributed by atoms with Crippen LogP contribution in [0.5, 0.6) is 11.5 Å². The molecule has 2 rings (SSSR count). The van der Waals surface area contributed by atoms with Crippen molar-refractivity contribution in [3.05, 3.63) is 54.1 Å². The average Bonchev–Trinajstić information content (AvgIpc) is 2.53. The molecule has 4 nitrogen and oxygen atoms in total. The molecule has 0 atom stereocenters. The van der Waals surface area contributed by atoms with Gasteiger partial charge in [0.25, 0.3) is 0 Å². The summed E-state index contributed by atoms with van der Waals surface area (Å²) in [5, 5.41) is 11.9. The largest absolute Gasteiger partial charge is 0.497 e. The summed E-state index contributed by atoms with van der Waals surface area (Å²) in [5.74, 6) is 1.63. The third kappa shape index (κ3) is 3.92. The highest BCUT2D eigenvalue weighted by atomic mass is 16.5. The molecule has 0 unspecified atom stereocenters. The van der Waals surface area contributed by atoms with Crippen molar-refractivity contribution >= 4 is 5.69 Å². The Hall–Kier alpha value is -2.67. The molecule has 0 saturated carbocycles. The number of ether oxygens (including phenoxy) is 2. The van der Waals surface area contributed by atoms with Gasteiger partial charge in [-0.05, 0) is 48.5 Å². The molecule has 2 aromatic carbocycles. The van der Waals surface area contributed by atoms with E-state index in [4.69, 9.17) is 14.7 Å². The molecular weight excluding hydrogens is 252 g/mol. The van der Waals surface area contributed by atoms with Crippen molar-refractivity contribution < 1.29 is 9.47 Å². The highest BCUT2D eigenvalue weighted by molar-refractivity contribution is 5.47. The lowest BCUT2D eigenvalue weighted by Crippen LogP contribution is -2.11. The van der Waals surface area contributed by atoms with Crippen LogP contribution in [0.25, 0.3) is 0 Å². The Balaban J connectivity index is 1.74. The van der Waals surface area contributed by atoms with Gasteiger partial charge in [0, 0.05) is 12.2 Å². The fraction of sp³-hybridized carbons (Fsp3) is 0.188. The Labute approximate surface area is 118 Å². The van der Waals surface area contributed by atoms with Crippen LogP contribution >= 0.6 is 0 Å². The molecule has 0 aliphatic carbocycles. The van der Waals surface area contributed by atoms with Gasteiger partial charge in [-0.25, -0.2) is 0 Å². The molecule has 0 radical (unpaired) electrons. The third-order valence-corrected chi connectivity index (χ3v) is 2.77. The minimum atomic E-state index is 0.562. The van der Waals surface area contributed by atoms with E-state index in [1.54, 1.807) is 19.2 Å². The second-order valence-electron chi connectivity index (χ2n) is 4.14. The Bertz CT molecular complexity index is 571. The van der Waals surface area contributed by atoms with Crippen molar-refractivity contribution in [3.63, 3.8) is 0 Å². The van der Waals surface area contributed by atoms with E-state index in [0.29, 0.717) is 18.7 Å². The number of nitriles is 1. The summed E-state index contributed by atoms with van der Waals surface area (Å²) < 4.78 is 10.7. The first-order chi connectivity index (χ1) is 9.81. The highest BCUT2D eigenvalue weighted by Gasteiger charge is 1.96. The summed E-state index contributed by atoms with van der Waals surface area (Å²) >= 11 is 0. The maximum atomic E-state index is 8.71. The second kappa shape index (κ2) is 7.05. The van der Waals surface area contributed by atoms with Crippen molar-refractivity contribution in [1.82, 2.24) is 0 Å². The predicted octanol–water partition coefficient (Wildman–Crippen LogP) is 3.06. The molecule has 20 heavy (non-hydrogen) atoms. The topological polar surface area (TPSA) is 54.3 Å². The normalized spacial score (nSPS) is 9.60. The van der Waals surface area contributed by atoms with Gasteiger partial charge in [0.2, 0.25) is 0 Å². The highest BCUT2D eigenvalue weighted by Crippen LogP contribution is 2.16. The zero-order valence-electron chi connectivity index (χ0n) is 11.3. The van der Waals surface area contributed by atoms with Gasteiger partial charge >= 0.3 is 0 Å². The third-order valence-electron chi connectivity index (χ3n) is 2.77. The van der Waals surface area contributed by atoms with E-state index in [-0.39, 0.29) is 0 Å². The first kappa shape index (κ1) is 13.8. The molecule has 0 fully saturated rings. The fourth-order valence-corrected chi connectivity index (χ4v) is 1.70. The summed E-state index contributed by atoms with van der Waals surface area (Å²) in [6, 6.07) is 16.9. The number of hydrogen-bond donors (Lipinski definition) is 1. The fourth-order valence-electron chi connectivity index (χ4n) is 1.70. The van der Waals surface area contributed by atoms with Gasteiger partial charge in [-0.2, -0.15) is 5.26 Å². The van der Waals surface area contributed by atoms with E-state index >= 15 is 0 Å². The molecule has 0 spiro atoms. The number of benzene rings is 2. The first-order valence-electron chi connectivity index (χ1n) is 6.33. The number of nitrogens with zero attached hydrogens (tertiary/aromatic N) is 1. The molecule has 0 amide bonds.